The summed E-state index contributed by atoms with van der Waals surface area (Å²) in [6.07, 6.45) is 3.74. The van der Waals surface area contributed by atoms with Gasteiger partial charge in [-0.25, -0.2) is 4.79 Å². The molecular formula is C14H25NO2. The Morgan fingerprint density at radius 1 is 1.06 bits per heavy atom. The molecule has 0 atom stereocenters. The summed E-state index contributed by atoms with van der Waals surface area (Å²) in [5, 5.41) is 0. The van der Waals surface area contributed by atoms with E-state index in [1.165, 1.54) is 19.3 Å². The third-order valence-electron chi connectivity index (χ3n) is 3.08. The van der Waals surface area contributed by atoms with Gasteiger partial charge in [-0.05, 0) is 53.9 Å². The van der Waals surface area contributed by atoms with Crippen LogP contribution < -0.4 is 0 Å². The van der Waals surface area contributed by atoms with Gasteiger partial charge < -0.3 is 9.64 Å². The molecular weight excluding hydrogens is 214 g/mol. The lowest BCUT2D eigenvalue weighted by molar-refractivity contribution is -0.150. The van der Waals surface area contributed by atoms with E-state index in [1.54, 1.807) is 0 Å². The fraction of sp³-hybridized carbons (Fsp3) is 0.786. The topological polar surface area (TPSA) is 29.5 Å². The highest BCUT2D eigenvalue weighted by atomic mass is 16.6. The molecule has 0 spiro atoms. The Balaban J connectivity index is 2.70. The molecule has 0 unspecified atom stereocenters. The standard InChI is InChI=1S/C14H25NO2/c1-11(13(16)17-14(3,4)5)12(2)15-9-7-6-8-10-15/h6-10H2,1-5H3/b12-11-. The monoisotopic (exact) mass is 239 g/mol. The second-order valence-electron chi connectivity index (χ2n) is 5.76. The summed E-state index contributed by atoms with van der Waals surface area (Å²) in [5.41, 5.74) is 1.39. The molecule has 0 amide bonds. The average molecular weight is 239 g/mol. The van der Waals surface area contributed by atoms with E-state index >= 15 is 0 Å². The molecule has 0 bridgehead atoms. The van der Waals surface area contributed by atoms with Crippen LogP contribution in [0.1, 0.15) is 53.9 Å². The molecule has 0 aliphatic carbocycles. The number of hydrogen-bond acceptors (Lipinski definition) is 3. The number of ether oxygens (including phenoxy) is 1. The highest BCUT2D eigenvalue weighted by Crippen LogP contribution is 2.19. The van der Waals surface area contributed by atoms with Gasteiger partial charge in [0.05, 0.1) is 5.57 Å². The molecule has 1 aliphatic rings. The number of carbonyl (C=O) groups is 1. The number of allylic oxidation sites excluding steroid dienone is 1. The second kappa shape index (κ2) is 5.56. The highest BCUT2D eigenvalue weighted by molar-refractivity contribution is 5.88. The maximum atomic E-state index is 11.9. The van der Waals surface area contributed by atoms with Crippen molar-refractivity contribution in [3.63, 3.8) is 0 Å². The van der Waals surface area contributed by atoms with Crippen molar-refractivity contribution in [2.24, 2.45) is 0 Å². The first-order chi connectivity index (χ1) is 7.81. The van der Waals surface area contributed by atoms with Crippen molar-refractivity contribution in [1.29, 1.82) is 0 Å². The first-order valence-corrected chi connectivity index (χ1v) is 6.47. The molecule has 0 radical (unpaired) electrons. The van der Waals surface area contributed by atoms with Crippen molar-refractivity contribution in [3.8, 4) is 0 Å². The van der Waals surface area contributed by atoms with E-state index in [0.717, 1.165) is 24.4 Å². The molecule has 1 aliphatic heterocycles. The summed E-state index contributed by atoms with van der Waals surface area (Å²) in [5.74, 6) is -0.194. The fourth-order valence-corrected chi connectivity index (χ4v) is 1.97. The largest absolute Gasteiger partial charge is 0.457 e. The molecule has 0 aromatic carbocycles. The number of carbonyl (C=O) groups excluding carboxylic acids is 1. The molecule has 1 rings (SSSR count). The quantitative estimate of drug-likeness (QED) is 0.548. The van der Waals surface area contributed by atoms with Gasteiger partial charge in [0.2, 0.25) is 0 Å². The number of likely N-dealkylation sites (tertiary alicyclic amines) is 1. The van der Waals surface area contributed by atoms with E-state index in [-0.39, 0.29) is 5.97 Å². The van der Waals surface area contributed by atoms with Crippen LogP contribution in [0.4, 0.5) is 0 Å². The number of esters is 1. The molecule has 3 nitrogen and oxygen atoms in total. The fourth-order valence-electron chi connectivity index (χ4n) is 1.97. The Bertz CT molecular complexity index is 307. The molecule has 17 heavy (non-hydrogen) atoms. The van der Waals surface area contributed by atoms with Crippen LogP contribution in [-0.2, 0) is 9.53 Å². The molecule has 1 fully saturated rings. The van der Waals surface area contributed by atoms with Gasteiger partial charge in [0.25, 0.3) is 0 Å². The van der Waals surface area contributed by atoms with Crippen LogP contribution in [0.15, 0.2) is 11.3 Å². The van der Waals surface area contributed by atoms with Gasteiger partial charge in [0.1, 0.15) is 5.60 Å². The number of piperidine rings is 1. The van der Waals surface area contributed by atoms with Gasteiger partial charge in [-0.15, -0.1) is 0 Å². The molecule has 1 heterocycles. The van der Waals surface area contributed by atoms with Crippen LogP contribution in [0.5, 0.6) is 0 Å². The maximum absolute atomic E-state index is 11.9. The molecule has 0 aromatic heterocycles. The number of rotatable bonds is 2. The van der Waals surface area contributed by atoms with Gasteiger partial charge >= 0.3 is 5.97 Å². The van der Waals surface area contributed by atoms with E-state index in [1.807, 2.05) is 34.6 Å². The maximum Gasteiger partial charge on any atom is 0.335 e. The van der Waals surface area contributed by atoms with Crippen LogP contribution in [0.3, 0.4) is 0 Å². The second-order valence-corrected chi connectivity index (χ2v) is 5.76. The van der Waals surface area contributed by atoms with Crippen molar-refractivity contribution in [1.82, 2.24) is 4.90 Å². The Labute approximate surface area is 105 Å². The highest BCUT2D eigenvalue weighted by Gasteiger charge is 2.21. The van der Waals surface area contributed by atoms with Crippen molar-refractivity contribution >= 4 is 5.97 Å². The average Bonchev–Trinajstić information content (AvgIpc) is 2.26. The Hall–Kier alpha value is -0.990. The third-order valence-corrected chi connectivity index (χ3v) is 3.08. The first-order valence-electron chi connectivity index (χ1n) is 6.47. The van der Waals surface area contributed by atoms with E-state index in [0.29, 0.717) is 0 Å². The van der Waals surface area contributed by atoms with Crippen molar-refractivity contribution < 1.29 is 9.53 Å². The summed E-state index contributed by atoms with van der Waals surface area (Å²) in [4.78, 5) is 14.2. The molecule has 3 heteroatoms. The zero-order valence-corrected chi connectivity index (χ0v) is 11.8. The van der Waals surface area contributed by atoms with Gasteiger partial charge in [-0.1, -0.05) is 0 Å². The Kier molecular flexibility index (Phi) is 4.61. The third kappa shape index (κ3) is 4.41. The summed E-state index contributed by atoms with van der Waals surface area (Å²) in [7, 11) is 0. The van der Waals surface area contributed by atoms with Crippen LogP contribution in [0.25, 0.3) is 0 Å². The summed E-state index contributed by atoms with van der Waals surface area (Å²) in [6, 6.07) is 0. The zero-order chi connectivity index (χ0) is 13.1. The van der Waals surface area contributed by atoms with Crippen LogP contribution in [-0.4, -0.2) is 29.6 Å². The van der Waals surface area contributed by atoms with E-state index in [9.17, 15) is 4.79 Å². The lowest BCUT2D eigenvalue weighted by Crippen LogP contribution is -2.31. The van der Waals surface area contributed by atoms with E-state index < -0.39 is 5.60 Å². The lowest BCUT2D eigenvalue weighted by atomic mass is 10.1. The predicted octanol–water partition coefficient (Wildman–Crippen LogP) is 3.11. The zero-order valence-electron chi connectivity index (χ0n) is 11.8. The molecule has 1 saturated heterocycles. The van der Waals surface area contributed by atoms with Crippen molar-refractivity contribution in [3.05, 3.63) is 11.3 Å². The van der Waals surface area contributed by atoms with Crippen LogP contribution in [0, 0.1) is 0 Å². The minimum Gasteiger partial charge on any atom is -0.457 e. The summed E-state index contributed by atoms with van der Waals surface area (Å²) < 4.78 is 5.39. The minimum absolute atomic E-state index is 0.194. The predicted molar refractivity (Wildman–Crippen MR) is 69.6 cm³/mol. The molecule has 98 valence electrons. The summed E-state index contributed by atoms with van der Waals surface area (Å²) in [6.45, 7) is 11.7. The SMILES string of the molecule is C/C(C(=O)OC(C)(C)C)=C(\C)N1CCCCC1. The van der Waals surface area contributed by atoms with Crippen LogP contribution in [0.2, 0.25) is 0 Å². The van der Waals surface area contributed by atoms with Crippen molar-refractivity contribution in [2.45, 2.75) is 59.5 Å². The Morgan fingerprint density at radius 3 is 2.06 bits per heavy atom. The lowest BCUT2D eigenvalue weighted by Gasteiger charge is -2.31. The van der Waals surface area contributed by atoms with Gasteiger partial charge in [-0.2, -0.15) is 0 Å². The van der Waals surface area contributed by atoms with E-state index in [2.05, 4.69) is 4.90 Å². The normalized spacial score (nSPS) is 18.8. The molecule has 0 saturated carbocycles. The summed E-state index contributed by atoms with van der Waals surface area (Å²) >= 11 is 0. The minimum atomic E-state index is -0.416. The first kappa shape index (κ1) is 14.1. The number of nitrogens with zero attached hydrogens (tertiary/aromatic N) is 1. The van der Waals surface area contributed by atoms with Gasteiger partial charge in [0.15, 0.2) is 0 Å². The van der Waals surface area contributed by atoms with Crippen LogP contribution >= 0.6 is 0 Å². The number of hydrogen-bond donors (Lipinski definition) is 0. The van der Waals surface area contributed by atoms with Crippen molar-refractivity contribution in [2.75, 3.05) is 13.1 Å². The molecule has 0 aromatic rings. The van der Waals surface area contributed by atoms with E-state index in [4.69, 9.17) is 4.74 Å². The Morgan fingerprint density at radius 2 is 1.59 bits per heavy atom. The smallest absolute Gasteiger partial charge is 0.335 e. The molecule has 0 N–H and O–H groups in total. The van der Waals surface area contributed by atoms with Gasteiger partial charge in [0, 0.05) is 18.8 Å². The van der Waals surface area contributed by atoms with Gasteiger partial charge in [-0.3, -0.25) is 0 Å².